The Balaban J connectivity index is 1.52. The summed E-state index contributed by atoms with van der Waals surface area (Å²) in [5.41, 5.74) is 1.35. The van der Waals surface area contributed by atoms with Gasteiger partial charge in [-0.15, -0.1) is 0 Å². The number of fused-ring (bicyclic) bond motifs is 1. The molecule has 6 nitrogen and oxygen atoms in total. The fourth-order valence-corrected chi connectivity index (χ4v) is 3.66. The molecular formula is C20H16Cl2N2O4. The van der Waals surface area contributed by atoms with Gasteiger partial charge in [-0.2, -0.15) is 0 Å². The second-order valence-electron chi connectivity index (χ2n) is 6.70. The van der Waals surface area contributed by atoms with Gasteiger partial charge in [0.25, 0.3) is 17.7 Å². The number of carbonyl (C=O) groups excluding carboxylic acids is 3. The summed E-state index contributed by atoms with van der Waals surface area (Å²) in [5.74, 6) is -1.11. The molecule has 1 atom stereocenters. The Labute approximate surface area is 171 Å². The fraction of sp³-hybridized carbons (Fsp3) is 0.250. The number of amides is 3. The van der Waals surface area contributed by atoms with Crippen LogP contribution in [0.1, 0.15) is 43.9 Å². The van der Waals surface area contributed by atoms with Gasteiger partial charge in [0.1, 0.15) is 0 Å². The molecule has 0 saturated carbocycles. The molecule has 1 saturated heterocycles. The Kier molecular flexibility index (Phi) is 5.10. The highest BCUT2D eigenvalue weighted by molar-refractivity contribution is 6.42. The van der Waals surface area contributed by atoms with E-state index in [1.807, 2.05) is 0 Å². The topological polar surface area (TPSA) is 75.7 Å². The lowest BCUT2D eigenvalue weighted by Gasteiger charge is -2.17. The van der Waals surface area contributed by atoms with Crippen molar-refractivity contribution in [3.05, 3.63) is 63.1 Å². The number of carbonyl (C=O) groups is 3. The number of nitrogens with zero attached hydrogens (tertiary/aromatic N) is 1. The van der Waals surface area contributed by atoms with Crippen LogP contribution in [0, 0.1) is 0 Å². The Morgan fingerprint density at radius 3 is 2.57 bits per heavy atom. The zero-order valence-electron chi connectivity index (χ0n) is 14.7. The van der Waals surface area contributed by atoms with Crippen LogP contribution in [0.15, 0.2) is 36.4 Å². The number of anilines is 1. The summed E-state index contributed by atoms with van der Waals surface area (Å²) >= 11 is 11.8. The molecule has 3 amide bonds. The van der Waals surface area contributed by atoms with Crippen LogP contribution < -0.4 is 5.32 Å². The molecule has 144 valence electrons. The van der Waals surface area contributed by atoms with Gasteiger partial charge in [0.15, 0.2) is 0 Å². The highest BCUT2D eigenvalue weighted by Crippen LogP contribution is 2.28. The molecule has 1 fully saturated rings. The molecule has 0 aliphatic carbocycles. The van der Waals surface area contributed by atoms with Gasteiger partial charge < -0.3 is 10.1 Å². The number of halogens is 2. The third-order valence-electron chi connectivity index (χ3n) is 4.82. The molecule has 0 aromatic heterocycles. The molecule has 2 heterocycles. The number of hydrogen-bond donors (Lipinski definition) is 1. The van der Waals surface area contributed by atoms with E-state index < -0.39 is 5.91 Å². The van der Waals surface area contributed by atoms with E-state index in [2.05, 4.69) is 5.32 Å². The maximum Gasteiger partial charge on any atom is 0.261 e. The summed E-state index contributed by atoms with van der Waals surface area (Å²) in [6, 6.07) is 9.21. The van der Waals surface area contributed by atoms with E-state index in [0.29, 0.717) is 28.4 Å². The van der Waals surface area contributed by atoms with E-state index in [9.17, 15) is 14.4 Å². The van der Waals surface area contributed by atoms with Crippen molar-refractivity contribution >= 4 is 46.6 Å². The van der Waals surface area contributed by atoms with Crippen LogP contribution in [-0.4, -0.2) is 41.9 Å². The monoisotopic (exact) mass is 418 g/mol. The molecule has 2 aromatic carbocycles. The quantitative estimate of drug-likeness (QED) is 0.760. The Morgan fingerprint density at radius 2 is 1.86 bits per heavy atom. The van der Waals surface area contributed by atoms with Crippen molar-refractivity contribution in [1.82, 2.24) is 4.90 Å². The second-order valence-corrected chi connectivity index (χ2v) is 7.51. The normalized spacial score (nSPS) is 18.5. The first-order chi connectivity index (χ1) is 13.4. The summed E-state index contributed by atoms with van der Waals surface area (Å²) in [4.78, 5) is 38.9. The lowest BCUT2D eigenvalue weighted by molar-refractivity contribution is 0.0475. The van der Waals surface area contributed by atoms with Crippen molar-refractivity contribution < 1.29 is 19.1 Å². The first kappa shape index (κ1) is 18.9. The standard InChI is InChI=1S/C20H16Cl2N2O4/c21-16-6-3-11(8-17(16)22)18(25)23-12-4-5-14-15(9-12)20(27)24(19(14)26)10-13-2-1-7-28-13/h3-6,8-9,13H,1-2,7,10H2,(H,23,25)/t13-/m0/s1. The van der Waals surface area contributed by atoms with Gasteiger partial charge in [-0.05, 0) is 49.2 Å². The predicted molar refractivity (Wildman–Crippen MR) is 105 cm³/mol. The van der Waals surface area contributed by atoms with E-state index in [4.69, 9.17) is 27.9 Å². The molecular weight excluding hydrogens is 403 g/mol. The van der Waals surface area contributed by atoms with Crippen molar-refractivity contribution in [3.8, 4) is 0 Å². The highest BCUT2D eigenvalue weighted by atomic mass is 35.5. The maximum absolute atomic E-state index is 12.7. The lowest BCUT2D eigenvalue weighted by Crippen LogP contribution is -2.36. The minimum atomic E-state index is -0.397. The molecule has 2 aliphatic heterocycles. The third-order valence-corrected chi connectivity index (χ3v) is 5.56. The zero-order chi connectivity index (χ0) is 19.8. The van der Waals surface area contributed by atoms with Gasteiger partial charge >= 0.3 is 0 Å². The number of ether oxygens (including phenoxy) is 1. The molecule has 0 unspecified atom stereocenters. The fourth-order valence-electron chi connectivity index (χ4n) is 3.37. The minimum absolute atomic E-state index is 0.115. The van der Waals surface area contributed by atoms with Crippen molar-refractivity contribution in [2.75, 3.05) is 18.5 Å². The van der Waals surface area contributed by atoms with Crippen LogP contribution in [-0.2, 0) is 4.74 Å². The molecule has 1 N–H and O–H groups in total. The van der Waals surface area contributed by atoms with Crippen LogP contribution in [0.4, 0.5) is 5.69 Å². The molecule has 4 rings (SSSR count). The van der Waals surface area contributed by atoms with Gasteiger partial charge in [-0.1, -0.05) is 23.2 Å². The van der Waals surface area contributed by atoms with E-state index in [1.54, 1.807) is 18.2 Å². The molecule has 8 heteroatoms. The van der Waals surface area contributed by atoms with Crippen LogP contribution >= 0.6 is 23.2 Å². The summed E-state index contributed by atoms with van der Waals surface area (Å²) < 4.78 is 5.53. The summed E-state index contributed by atoms with van der Waals surface area (Å²) in [5, 5.41) is 3.34. The smallest absolute Gasteiger partial charge is 0.261 e. The van der Waals surface area contributed by atoms with Gasteiger partial charge in [0.2, 0.25) is 0 Å². The van der Waals surface area contributed by atoms with Crippen molar-refractivity contribution in [1.29, 1.82) is 0 Å². The number of benzene rings is 2. The average molecular weight is 419 g/mol. The van der Waals surface area contributed by atoms with E-state index in [0.717, 1.165) is 12.8 Å². The van der Waals surface area contributed by atoms with Crippen LogP contribution in [0.2, 0.25) is 10.0 Å². The van der Waals surface area contributed by atoms with Gasteiger partial charge in [0, 0.05) is 17.9 Å². The third kappa shape index (κ3) is 3.51. The largest absolute Gasteiger partial charge is 0.376 e. The van der Waals surface area contributed by atoms with Crippen LogP contribution in [0.5, 0.6) is 0 Å². The van der Waals surface area contributed by atoms with Gasteiger partial charge in [0.05, 0.1) is 33.8 Å². The Hall–Kier alpha value is -2.41. The average Bonchev–Trinajstić information content (AvgIpc) is 3.27. The first-order valence-corrected chi connectivity index (χ1v) is 9.58. The summed E-state index contributed by atoms with van der Waals surface area (Å²) in [6.45, 7) is 0.899. The number of imide groups is 1. The van der Waals surface area contributed by atoms with E-state index in [1.165, 1.54) is 23.1 Å². The number of rotatable bonds is 4. The molecule has 0 spiro atoms. The summed E-state index contributed by atoms with van der Waals surface area (Å²) in [6.07, 6.45) is 1.65. The van der Waals surface area contributed by atoms with Gasteiger partial charge in [-0.3, -0.25) is 19.3 Å². The van der Waals surface area contributed by atoms with E-state index in [-0.39, 0.29) is 35.0 Å². The van der Waals surface area contributed by atoms with Crippen molar-refractivity contribution in [2.24, 2.45) is 0 Å². The number of hydrogen-bond acceptors (Lipinski definition) is 4. The summed E-state index contributed by atoms with van der Waals surface area (Å²) in [7, 11) is 0. The SMILES string of the molecule is O=C(Nc1ccc2c(c1)C(=O)N(C[C@@H]1CCCO1)C2=O)c1ccc(Cl)c(Cl)c1. The lowest BCUT2D eigenvalue weighted by atomic mass is 10.1. The minimum Gasteiger partial charge on any atom is -0.376 e. The predicted octanol–water partition coefficient (Wildman–Crippen LogP) is 4.02. The van der Waals surface area contributed by atoms with Crippen molar-refractivity contribution in [2.45, 2.75) is 18.9 Å². The molecule has 0 radical (unpaired) electrons. The van der Waals surface area contributed by atoms with Crippen molar-refractivity contribution in [3.63, 3.8) is 0 Å². The second kappa shape index (κ2) is 7.54. The first-order valence-electron chi connectivity index (χ1n) is 8.82. The maximum atomic E-state index is 12.7. The zero-order valence-corrected chi connectivity index (χ0v) is 16.2. The molecule has 28 heavy (non-hydrogen) atoms. The molecule has 0 bridgehead atoms. The van der Waals surface area contributed by atoms with E-state index >= 15 is 0 Å². The molecule has 2 aromatic rings. The van der Waals surface area contributed by atoms with Gasteiger partial charge in [-0.25, -0.2) is 0 Å². The Bertz CT molecular complexity index is 986. The highest BCUT2D eigenvalue weighted by Gasteiger charge is 2.37. The van der Waals surface area contributed by atoms with Crippen LogP contribution in [0.3, 0.4) is 0 Å². The Morgan fingerprint density at radius 1 is 1.07 bits per heavy atom. The van der Waals surface area contributed by atoms with Crippen LogP contribution in [0.25, 0.3) is 0 Å². The molecule has 2 aliphatic rings. The number of nitrogens with one attached hydrogen (secondary N) is 1.